The number of carbonyl (C=O) groups is 1. The quantitative estimate of drug-likeness (QED) is 0.0824. The largest absolute Gasteiger partial charge is 0.457 e. The fourth-order valence-corrected chi connectivity index (χ4v) is 4.56. The first kappa shape index (κ1) is 34.4. The van der Waals surface area contributed by atoms with E-state index in [-0.39, 0.29) is 12.6 Å². The Morgan fingerprint density at radius 2 is 0.943 bits per heavy atom. The maximum atomic E-state index is 12.0. The van der Waals surface area contributed by atoms with Crippen molar-refractivity contribution in [2.24, 2.45) is 0 Å². The molecule has 0 rings (SSSR count). The molecule has 0 aromatic rings. The minimum atomic E-state index is -0.521. The molecule has 0 radical (unpaired) electrons. The second-order valence-electron chi connectivity index (χ2n) is 10.5. The van der Waals surface area contributed by atoms with Crippen LogP contribution in [-0.4, -0.2) is 37.0 Å². The fourth-order valence-electron chi connectivity index (χ4n) is 4.56. The summed E-state index contributed by atoms with van der Waals surface area (Å²) in [4.78, 5) is 12.0. The van der Waals surface area contributed by atoms with Crippen LogP contribution in [0.25, 0.3) is 0 Å². The van der Waals surface area contributed by atoms with Gasteiger partial charge in [-0.25, -0.2) is 0 Å². The van der Waals surface area contributed by atoms with E-state index in [2.05, 4.69) is 13.8 Å². The lowest BCUT2D eigenvalue weighted by atomic mass is 10.0. The second-order valence-corrected chi connectivity index (χ2v) is 10.5. The van der Waals surface area contributed by atoms with E-state index in [0.717, 1.165) is 19.3 Å². The third-order valence-corrected chi connectivity index (χ3v) is 6.93. The zero-order chi connectivity index (χ0) is 25.7. The third-order valence-electron chi connectivity index (χ3n) is 6.93. The highest BCUT2D eigenvalue weighted by atomic mass is 16.6. The average Bonchev–Trinajstić information content (AvgIpc) is 2.86. The molecular weight excluding hydrogens is 436 g/mol. The predicted octanol–water partition coefficient (Wildman–Crippen LogP) is 9.31. The predicted molar refractivity (Wildman–Crippen MR) is 150 cm³/mol. The van der Waals surface area contributed by atoms with Gasteiger partial charge in [0.05, 0.1) is 13.2 Å². The number of ether oxygens (including phenoxy) is 2. The van der Waals surface area contributed by atoms with Gasteiger partial charge < -0.3 is 14.6 Å². The van der Waals surface area contributed by atoms with Crippen LogP contribution in [-0.2, 0) is 14.3 Å². The van der Waals surface area contributed by atoms with Gasteiger partial charge in [-0.1, -0.05) is 149 Å². The van der Waals surface area contributed by atoms with Gasteiger partial charge in [0.25, 0.3) is 0 Å². The van der Waals surface area contributed by atoms with Gasteiger partial charge in [0.1, 0.15) is 6.10 Å². The lowest BCUT2D eigenvalue weighted by molar-refractivity contribution is -0.154. The van der Waals surface area contributed by atoms with Gasteiger partial charge >= 0.3 is 5.97 Å². The highest BCUT2D eigenvalue weighted by molar-refractivity contribution is 5.69. The maximum absolute atomic E-state index is 12.0. The summed E-state index contributed by atoms with van der Waals surface area (Å²) in [5.41, 5.74) is 0. The smallest absolute Gasteiger partial charge is 0.306 e. The Bertz CT molecular complexity index is 413. The van der Waals surface area contributed by atoms with Crippen molar-refractivity contribution < 1.29 is 19.4 Å². The molecule has 1 N–H and O–H groups in total. The molecule has 0 fully saturated rings. The van der Waals surface area contributed by atoms with E-state index >= 15 is 0 Å². The molecule has 0 aromatic heterocycles. The monoisotopic (exact) mass is 498 g/mol. The summed E-state index contributed by atoms with van der Waals surface area (Å²) < 4.78 is 11.0. The first-order chi connectivity index (χ1) is 17.2. The molecule has 1 atom stereocenters. The minimum absolute atomic E-state index is 0.164. The summed E-state index contributed by atoms with van der Waals surface area (Å²) in [6.07, 6.45) is 29.8. The molecule has 0 saturated carbocycles. The highest BCUT2D eigenvalue weighted by Crippen LogP contribution is 2.14. The molecule has 0 saturated heterocycles. The molecule has 210 valence electrons. The maximum Gasteiger partial charge on any atom is 0.306 e. The Labute approximate surface area is 219 Å². The van der Waals surface area contributed by atoms with Gasteiger partial charge in [-0.05, 0) is 12.8 Å². The molecule has 0 heterocycles. The van der Waals surface area contributed by atoms with Gasteiger partial charge in [0.15, 0.2) is 0 Å². The molecule has 4 nitrogen and oxygen atoms in total. The van der Waals surface area contributed by atoms with Crippen LogP contribution in [0.4, 0.5) is 0 Å². The Morgan fingerprint density at radius 3 is 1.34 bits per heavy atom. The topological polar surface area (TPSA) is 55.8 Å². The van der Waals surface area contributed by atoms with Crippen LogP contribution >= 0.6 is 0 Å². The molecule has 0 aromatic carbocycles. The number of hydrogen-bond donors (Lipinski definition) is 1. The van der Waals surface area contributed by atoms with Gasteiger partial charge in [-0.2, -0.15) is 0 Å². The van der Waals surface area contributed by atoms with Crippen molar-refractivity contribution in [3.8, 4) is 0 Å². The zero-order valence-electron chi connectivity index (χ0n) is 23.8. The van der Waals surface area contributed by atoms with Crippen molar-refractivity contribution in [2.75, 3.05) is 19.8 Å². The van der Waals surface area contributed by atoms with Crippen LogP contribution in [0.3, 0.4) is 0 Å². The number of aliphatic hydroxyl groups excluding tert-OH is 1. The molecule has 1 unspecified atom stereocenters. The lowest BCUT2D eigenvalue weighted by Gasteiger charge is -2.16. The molecule has 0 aliphatic heterocycles. The van der Waals surface area contributed by atoms with E-state index in [4.69, 9.17) is 9.47 Å². The van der Waals surface area contributed by atoms with Gasteiger partial charge in [-0.15, -0.1) is 0 Å². The second kappa shape index (κ2) is 29.6. The van der Waals surface area contributed by atoms with Crippen molar-refractivity contribution in [1.82, 2.24) is 0 Å². The van der Waals surface area contributed by atoms with Crippen molar-refractivity contribution in [3.05, 3.63) is 0 Å². The molecule has 0 aliphatic carbocycles. The highest BCUT2D eigenvalue weighted by Gasteiger charge is 2.13. The molecule has 0 aliphatic rings. The van der Waals surface area contributed by atoms with E-state index in [9.17, 15) is 9.90 Å². The van der Waals surface area contributed by atoms with Crippen molar-refractivity contribution in [3.63, 3.8) is 0 Å². The van der Waals surface area contributed by atoms with Crippen LogP contribution < -0.4 is 0 Å². The molecule has 0 amide bonds. The number of rotatable bonds is 29. The average molecular weight is 499 g/mol. The Hall–Kier alpha value is -0.610. The van der Waals surface area contributed by atoms with Crippen LogP contribution in [0, 0.1) is 0 Å². The number of hydrogen-bond acceptors (Lipinski definition) is 4. The van der Waals surface area contributed by atoms with E-state index in [1.54, 1.807) is 0 Å². The molecule has 4 heteroatoms. The number of carbonyl (C=O) groups excluding carboxylic acids is 1. The van der Waals surface area contributed by atoms with Crippen LogP contribution in [0.2, 0.25) is 0 Å². The first-order valence-corrected chi connectivity index (χ1v) is 15.6. The van der Waals surface area contributed by atoms with Crippen LogP contribution in [0.1, 0.15) is 168 Å². The normalized spacial score (nSPS) is 12.2. The first-order valence-electron chi connectivity index (χ1n) is 15.6. The van der Waals surface area contributed by atoms with Crippen molar-refractivity contribution in [2.45, 2.75) is 174 Å². The lowest BCUT2D eigenvalue weighted by Crippen LogP contribution is -2.27. The molecule has 35 heavy (non-hydrogen) atoms. The summed E-state index contributed by atoms with van der Waals surface area (Å²) in [7, 11) is 0. The van der Waals surface area contributed by atoms with E-state index in [1.165, 1.54) is 128 Å². The van der Waals surface area contributed by atoms with Crippen LogP contribution in [0.5, 0.6) is 0 Å². The number of unbranched alkanes of at least 4 members (excludes halogenated alkanes) is 21. The van der Waals surface area contributed by atoms with Gasteiger partial charge in [-0.3, -0.25) is 4.79 Å². The summed E-state index contributed by atoms with van der Waals surface area (Å²) >= 11 is 0. The summed E-state index contributed by atoms with van der Waals surface area (Å²) in [5.74, 6) is -0.199. The third kappa shape index (κ3) is 27.8. The fraction of sp³-hybridized carbons (Fsp3) is 0.968. The molecule has 0 spiro atoms. The number of aliphatic hydroxyl groups is 1. The van der Waals surface area contributed by atoms with Gasteiger partial charge in [0.2, 0.25) is 0 Å². The summed E-state index contributed by atoms with van der Waals surface area (Å²) in [6.45, 7) is 5.35. The standard InChI is InChI=1S/C31H62O4/c1-3-5-7-9-11-13-14-15-16-17-18-20-22-24-26-31(33)35-30(28-32)29-34-27-25-23-21-19-12-10-8-6-4-2/h30,32H,3-29H2,1-2H3. The zero-order valence-corrected chi connectivity index (χ0v) is 23.8. The Kier molecular flexibility index (Phi) is 29.1. The van der Waals surface area contributed by atoms with Crippen molar-refractivity contribution in [1.29, 1.82) is 0 Å². The van der Waals surface area contributed by atoms with Gasteiger partial charge in [0, 0.05) is 13.0 Å². The Balaban J connectivity index is 3.41. The Morgan fingerprint density at radius 1 is 0.571 bits per heavy atom. The summed E-state index contributed by atoms with van der Waals surface area (Å²) in [5, 5.41) is 9.47. The van der Waals surface area contributed by atoms with E-state index in [0.29, 0.717) is 19.6 Å². The SMILES string of the molecule is CCCCCCCCCCCCCCCCC(=O)OC(CO)COCCCCCCCCCCC. The number of esters is 1. The molecular formula is C31H62O4. The minimum Gasteiger partial charge on any atom is -0.457 e. The molecule has 0 bridgehead atoms. The van der Waals surface area contributed by atoms with Crippen molar-refractivity contribution >= 4 is 5.97 Å². The van der Waals surface area contributed by atoms with Crippen LogP contribution in [0.15, 0.2) is 0 Å². The van der Waals surface area contributed by atoms with E-state index < -0.39 is 6.10 Å². The summed E-state index contributed by atoms with van der Waals surface area (Å²) in [6, 6.07) is 0. The van der Waals surface area contributed by atoms with E-state index in [1.807, 2.05) is 0 Å².